The molecule has 0 saturated carbocycles. The first-order chi connectivity index (χ1) is 11.1. The van der Waals surface area contributed by atoms with Crippen LogP contribution in [0.15, 0.2) is 29.2 Å². The molecule has 0 amide bonds. The molecule has 0 spiro atoms. The van der Waals surface area contributed by atoms with Crippen molar-refractivity contribution in [2.24, 2.45) is 0 Å². The minimum Gasteiger partial charge on any atom is -0.494 e. The molecule has 0 aromatic heterocycles. The molecular weight excluding hydrogens is 364 g/mol. The molecule has 2 aromatic rings. The van der Waals surface area contributed by atoms with Crippen LogP contribution in [-0.2, 0) is 10.0 Å². The molecule has 130 valence electrons. The third-order valence-corrected chi connectivity index (χ3v) is 4.38. The van der Waals surface area contributed by atoms with Crippen molar-refractivity contribution in [3.05, 3.63) is 53.4 Å². The van der Waals surface area contributed by atoms with Gasteiger partial charge in [-0.1, -0.05) is 9.01 Å². The molecule has 0 N–H and O–H groups in total. The van der Waals surface area contributed by atoms with Crippen LogP contribution >= 0.6 is 0 Å². The van der Waals surface area contributed by atoms with Crippen molar-refractivity contribution in [1.82, 2.24) is 0 Å². The van der Waals surface area contributed by atoms with Gasteiger partial charge in [-0.3, -0.25) is 0 Å². The average molecular weight is 371 g/mol. The zero-order chi connectivity index (χ0) is 18.2. The molecule has 0 aliphatic rings. The Labute approximate surface area is 131 Å². The van der Waals surface area contributed by atoms with Crippen molar-refractivity contribution < 1.29 is 39.6 Å². The van der Waals surface area contributed by atoms with Crippen LogP contribution in [0.2, 0.25) is 0 Å². The van der Waals surface area contributed by atoms with Crippen LogP contribution in [0.1, 0.15) is 0 Å². The predicted octanol–water partition coefficient (Wildman–Crippen LogP) is 3.47. The van der Waals surface area contributed by atoms with Gasteiger partial charge >= 0.3 is 0 Å². The Morgan fingerprint density at radius 2 is 1.54 bits per heavy atom. The van der Waals surface area contributed by atoms with Gasteiger partial charge < -0.3 is 4.74 Å². The van der Waals surface area contributed by atoms with E-state index < -0.39 is 54.2 Å². The van der Waals surface area contributed by atoms with Gasteiger partial charge in [0.1, 0.15) is 4.90 Å². The van der Waals surface area contributed by atoms with Gasteiger partial charge in [0.15, 0.2) is 34.8 Å². The molecule has 0 aliphatic carbocycles. The lowest BCUT2D eigenvalue weighted by Crippen LogP contribution is -2.24. The number of hydrogen-bond acceptors (Lipinski definition) is 3. The van der Waals surface area contributed by atoms with Crippen LogP contribution in [-0.4, -0.2) is 15.5 Å². The van der Waals surface area contributed by atoms with Crippen LogP contribution in [0.25, 0.3) is 0 Å². The lowest BCUT2D eigenvalue weighted by molar-refractivity contribution is 0.386. The zero-order valence-electron chi connectivity index (χ0n) is 11.7. The Hall–Kier alpha value is -2.43. The standard InChI is InChI=1S/C13H7F6NO3S/c1-23-9-3-2-6(4-7(9)14)20(19)24(21,22)10-5-8(15)11(16)13(18)12(10)17/h2-5H,1H3. The van der Waals surface area contributed by atoms with Crippen LogP contribution in [0, 0.1) is 29.1 Å². The van der Waals surface area contributed by atoms with Gasteiger partial charge in [0.25, 0.3) is 10.0 Å². The summed E-state index contributed by atoms with van der Waals surface area (Å²) < 4.78 is 108. The molecule has 0 fully saturated rings. The topological polar surface area (TPSA) is 46.6 Å². The molecule has 24 heavy (non-hydrogen) atoms. The first-order valence-corrected chi connectivity index (χ1v) is 7.43. The number of ether oxygens (including phenoxy) is 1. The number of rotatable bonds is 4. The molecule has 2 aromatic carbocycles. The summed E-state index contributed by atoms with van der Waals surface area (Å²) in [6.07, 6.45) is 0. The maximum absolute atomic E-state index is 14.1. The summed E-state index contributed by atoms with van der Waals surface area (Å²) in [5, 5.41) is 0. The Morgan fingerprint density at radius 3 is 2.08 bits per heavy atom. The largest absolute Gasteiger partial charge is 0.494 e. The fourth-order valence-corrected chi connectivity index (χ4v) is 2.86. The Morgan fingerprint density at radius 1 is 0.917 bits per heavy atom. The minimum atomic E-state index is -5.48. The van der Waals surface area contributed by atoms with Crippen LogP contribution in [0.5, 0.6) is 5.75 Å². The zero-order valence-corrected chi connectivity index (χ0v) is 12.5. The van der Waals surface area contributed by atoms with E-state index in [-0.39, 0.29) is 11.8 Å². The second-order valence-corrected chi connectivity index (χ2v) is 6.05. The fourth-order valence-electron chi connectivity index (χ4n) is 1.73. The van der Waals surface area contributed by atoms with Crippen LogP contribution < -0.4 is 9.26 Å². The van der Waals surface area contributed by atoms with E-state index in [1.165, 1.54) is 0 Å². The number of hydrogen-bond donors (Lipinski definition) is 0. The van der Waals surface area contributed by atoms with Gasteiger partial charge in [0.2, 0.25) is 0 Å². The van der Waals surface area contributed by atoms with Gasteiger partial charge in [-0.05, 0) is 12.1 Å². The molecule has 0 atom stereocenters. The maximum atomic E-state index is 14.1. The number of anilines is 1. The smallest absolute Gasteiger partial charge is 0.293 e. The second kappa shape index (κ2) is 6.23. The number of sulfonamides is 1. The first-order valence-electron chi connectivity index (χ1n) is 5.99. The molecule has 0 heterocycles. The number of nitrogens with zero attached hydrogens (tertiary/aromatic N) is 1. The van der Waals surface area contributed by atoms with E-state index in [2.05, 4.69) is 4.74 Å². The summed E-state index contributed by atoms with van der Waals surface area (Å²) in [7, 11) is -4.38. The third-order valence-electron chi connectivity index (χ3n) is 2.90. The van der Waals surface area contributed by atoms with Crippen molar-refractivity contribution >= 4 is 15.7 Å². The van der Waals surface area contributed by atoms with E-state index in [4.69, 9.17) is 0 Å². The quantitative estimate of drug-likeness (QED) is 0.358. The van der Waals surface area contributed by atoms with Gasteiger partial charge in [-0.25, -0.2) is 22.0 Å². The highest BCUT2D eigenvalue weighted by atomic mass is 32.2. The Kier molecular flexibility index (Phi) is 4.65. The van der Waals surface area contributed by atoms with Gasteiger partial charge in [0.05, 0.1) is 12.8 Å². The molecule has 2 rings (SSSR count). The Balaban J connectivity index is 2.57. The Bertz CT molecular complexity index is 903. The highest BCUT2D eigenvalue weighted by Crippen LogP contribution is 2.31. The fraction of sp³-hybridized carbons (Fsp3) is 0.0769. The van der Waals surface area contributed by atoms with Gasteiger partial charge in [0, 0.05) is 12.1 Å². The molecule has 0 aliphatic heterocycles. The SMILES string of the molecule is COc1ccc(N(F)S(=O)(=O)c2cc(F)c(F)c(F)c2F)cc1F. The molecule has 0 unspecified atom stereocenters. The molecule has 4 nitrogen and oxygen atoms in total. The highest BCUT2D eigenvalue weighted by Gasteiger charge is 2.33. The van der Waals surface area contributed by atoms with E-state index >= 15 is 0 Å². The van der Waals surface area contributed by atoms with Crippen molar-refractivity contribution in [1.29, 1.82) is 0 Å². The van der Waals surface area contributed by atoms with E-state index in [9.17, 15) is 34.9 Å². The van der Waals surface area contributed by atoms with Crippen molar-refractivity contribution in [2.45, 2.75) is 4.90 Å². The normalized spacial score (nSPS) is 11.5. The predicted molar refractivity (Wildman–Crippen MR) is 70.0 cm³/mol. The lowest BCUT2D eigenvalue weighted by Gasteiger charge is -2.16. The van der Waals surface area contributed by atoms with Gasteiger partial charge in [-0.2, -0.15) is 8.42 Å². The molecule has 0 radical (unpaired) electrons. The summed E-state index contributed by atoms with van der Waals surface area (Å²) in [6.45, 7) is 0. The van der Waals surface area contributed by atoms with Crippen molar-refractivity contribution in [2.75, 3.05) is 11.6 Å². The van der Waals surface area contributed by atoms with Crippen LogP contribution in [0.3, 0.4) is 0 Å². The van der Waals surface area contributed by atoms with Gasteiger partial charge in [-0.15, -0.1) is 0 Å². The maximum Gasteiger partial charge on any atom is 0.293 e. The van der Waals surface area contributed by atoms with Crippen LogP contribution in [0.4, 0.5) is 32.1 Å². The number of benzene rings is 2. The molecule has 0 saturated heterocycles. The first kappa shape index (κ1) is 17.9. The summed E-state index contributed by atoms with van der Waals surface area (Å²) in [6, 6.07) is 1.79. The molecular formula is C13H7F6NO3S. The summed E-state index contributed by atoms with van der Waals surface area (Å²) in [5.74, 6) is -10.5. The number of methoxy groups -OCH3 is 1. The molecule has 11 heteroatoms. The summed E-state index contributed by atoms with van der Waals surface area (Å²) in [5.41, 5.74) is -0.933. The second-order valence-electron chi connectivity index (χ2n) is 4.34. The number of halogens is 6. The lowest BCUT2D eigenvalue weighted by atomic mass is 10.3. The van der Waals surface area contributed by atoms with E-state index in [0.717, 1.165) is 19.2 Å². The minimum absolute atomic E-state index is 0.227. The van der Waals surface area contributed by atoms with Crippen molar-refractivity contribution in [3.8, 4) is 5.75 Å². The summed E-state index contributed by atoms with van der Waals surface area (Å²) in [4.78, 5) is -1.79. The van der Waals surface area contributed by atoms with E-state index in [0.29, 0.717) is 6.07 Å². The molecule has 0 bridgehead atoms. The summed E-state index contributed by atoms with van der Waals surface area (Å²) >= 11 is 0. The third kappa shape index (κ3) is 2.86. The van der Waals surface area contributed by atoms with E-state index in [1.54, 1.807) is 0 Å². The highest BCUT2D eigenvalue weighted by molar-refractivity contribution is 7.92. The van der Waals surface area contributed by atoms with E-state index in [1.807, 2.05) is 0 Å². The monoisotopic (exact) mass is 371 g/mol. The average Bonchev–Trinajstić information content (AvgIpc) is 2.55. The van der Waals surface area contributed by atoms with Crippen molar-refractivity contribution in [3.63, 3.8) is 0 Å².